The third kappa shape index (κ3) is 3.53. The number of nitrogens with one attached hydrogen (secondary N) is 1. The predicted octanol–water partition coefficient (Wildman–Crippen LogP) is 3.51. The number of nitrogens with two attached hydrogens (primary N) is 1. The molecule has 3 N–H and O–H groups in total. The molecule has 100 valence electrons. The van der Waals surface area contributed by atoms with E-state index in [1.807, 2.05) is 12.1 Å². The van der Waals surface area contributed by atoms with Gasteiger partial charge in [0, 0.05) is 28.7 Å². The van der Waals surface area contributed by atoms with Crippen molar-refractivity contribution >= 4 is 15.9 Å². The van der Waals surface area contributed by atoms with Crippen LogP contribution in [-0.2, 0) is 0 Å². The SMILES string of the molecule is NCC(NC1CCCCC1)c1ccc(Br)cc1F. The van der Waals surface area contributed by atoms with Gasteiger partial charge in [0.05, 0.1) is 0 Å². The summed E-state index contributed by atoms with van der Waals surface area (Å²) in [5, 5.41) is 3.50. The minimum Gasteiger partial charge on any atom is -0.329 e. The Morgan fingerprint density at radius 1 is 1.33 bits per heavy atom. The maximum atomic E-state index is 13.9. The van der Waals surface area contributed by atoms with Gasteiger partial charge in [-0.15, -0.1) is 0 Å². The van der Waals surface area contributed by atoms with Crippen LogP contribution >= 0.6 is 15.9 Å². The molecule has 1 aromatic carbocycles. The Labute approximate surface area is 116 Å². The summed E-state index contributed by atoms with van der Waals surface area (Å²) in [7, 11) is 0. The van der Waals surface area contributed by atoms with Crippen molar-refractivity contribution < 1.29 is 4.39 Å². The summed E-state index contributed by atoms with van der Waals surface area (Å²) in [4.78, 5) is 0. The molecule has 0 heterocycles. The van der Waals surface area contributed by atoms with Crippen LogP contribution in [0.1, 0.15) is 43.7 Å². The maximum absolute atomic E-state index is 13.9. The molecule has 1 aliphatic carbocycles. The standard InChI is InChI=1S/C14H20BrFN2/c15-10-6-7-12(13(16)8-10)14(9-17)18-11-4-2-1-3-5-11/h6-8,11,14,18H,1-5,9,17H2. The summed E-state index contributed by atoms with van der Waals surface area (Å²) in [6, 6.07) is 5.58. The molecule has 1 saturated carbocycles. The van der Waals surface area contributed by atoms with Crippen molar-refractivity contribution in [3.63, 3.8) is 0 Å². The highest BCUT2D eigenvalue weighted by atomic mass is 79.9. The van der Waals surface area contributed by atoms with Gasteiger partial charge in [0.15, 0.2) is 0 Å². The highest BCUT2D eigenvalue weighted by Gasteiger charge is 2.20. The van der Waals surface area contributed by atoms with E-state index in [0.29, 0.717) is 18.2 Å². The Hall–Kier alpha value is -0.450. The van der Waals surface area contributed by atoms with E-state index < -0.39 is 0 Å². The first-order valence-corrected chi connectivity index (χ1v) is 7.41. The smallest absolute Gasteiger partial charge is 0.129 e. The fraction of sp³-hybridized carbons (Fsp3) is 0.571. The van der Waals surface area contributed by atoms with E-state index in [0.717, 1.165) is 4.47 Å². The minimum absolute atomic E-state index is 0.0822. The van der Waals surface area contributed by atoms with Crippen LogP contribution < -0.4 is 11.1 Å². The first kappa shape index (κ1) is 14.0. The van der Waals surface area contributed by atoms with Crippen LogP contribution in [0.5, 0.6) is 0 Å². The lowest BCUT2D eigenvalue weighted by Gasteiger charge is -2.28. The van der Waals surface area contributed by atoms with E-state index in [1.54, 1.807) is 0 Å². The maximum Gasteiger partial charge on any atom is 0.129 e. The second-order valence-corrected chi connectivity index (χ2v) is 5.87. The molecule has 18 heavy (non-hydrogen) atoms. The molecule has 0 spiro atoms. The molecule has 1 aliphatic rings. The van der Waals surface area contributed by atoms with Gasteiger partial charge in [-0.2, -0.15) is 0 Å². The number of benzene rings is 1. The van der Waals surface area contributed by atoms with Gasteiger partial charge in [-0.1, -0.05) is 41.3 Å². The van der Waals surface area contributed by atoms with Crippen molar-refractivity contribution in [3.8, 4) is 0 Å². The van der Waals surface area contributed by atoms with Crippen LogP contribution in [0.4, 0.5) is 4.39 Å². The van der Waals surface area contributed by atoms with Crippen molar-refractivity contribution in [1.29, 1.82) is 0 Å². The first-order valence-electron chi connectivity index (χ1n) is 6.62. The van der Waals surface area contributed by atoms with E-state index in [2.05, 4.69) is 21.2 Å². The molecule has 1 fully saturated rings. The summed E-state index contributed by atoms with van der Waals surface area (Å²) >= 11 is 3.27. The molecule has 2 nitrogen and oxygen atoms in total. The molecule has 0 amide bonds. The van der Waals surface area contributed by atoms with Crippen LogP contribution in [0.3, 0.4) is 0 Å². The zero-order chi connectivity index (χ0) is 13.0. The summed E-state index contributed by atoms with van der Waals surface area (Å²) in [6.45, 7) is 0.426. The summed E-state index contributed by atoms with van der Waals surface area (Å²) < 4.78 is 14.7. The van der Waals surface area contributed by atoms with E-state index in [-0.39, 0.29) is 11.9 Å². The molecular weight excluding hydrogens is 295 g/mol. The lowest BCUT2D eigenvalue weighted by atomic mass is 9.94. The zero-order valence-corrected chi connectivity index (χ0v) is 12.0. The zero-order valence-electron chi connectivity index (χ0n) is 10.5. The summed E-state index contributed by atoms with van der Waals surface area (Å²) in [5.41, 5.74) is 6.46. The largest absolute Gasteiger partial charge is 0.329 e. The third-order valence-corrected chi connectivity index (χ3v) is 4.11. The van der Waals surface area contributed by atoms with Crippen LogP contribution in [0.2, 0.25) is 0 Å². The van der Waals surface area contributed by atoms with Gasteiger partial charge in [0.1, 0.15) is 5.82 Å². The van der Waals surface area contributed by atoms with Crippen molar-refractivity contribution in [2.75, 3.05) is 6.54 Å². The lowest BCUT2D eigenvalue weighted by Crippen LogP contribution is -2.38. The number of rotatable bonds is 4. The van der Waals surface area contributed by atoms with Crippen molar-refractivity contribution in [2.45, 2.75) is 44.2 Å². The third-order valence-electron chi connectivity index (χ3n) is 3.62. The second kappa shape index (κ2) is 6.64. The van der Waals surface area contributed by atoms with Crippen LogP contribution in [0, 0.1) is 5.82 Å². The Kier molecular flexibility index (Phi) is 5.15. The van der Waals surface area contributed by atoms with Gasteiger partial charge >= 0.3 is 0 Å². The number of hydrogen-bond acceptors (Lipinski definition) is 2. The Morgan fingerprint density at radius 2 is 2.06 bits per heavy atom. The predicted molar refractivity (Wildman–Crippen MR) is 75.9 cm³/mol. The molecular formula is C14H20BrFN2. The molecule has 0 saturated heterocycles. The quantitative estimate of drug-likeness (QED) is 0.892. The van der Waals surface area contributed by atoms with Gasteiger partial charge in [-0.25, -0.2) is 4.39 Å². The molecule has 0 aromatic heterocycles. The number of hydrogen-bond donors (Lipinski definition) is 2. The molecule has 0 radical (unpaired) electrons. The number of halogens is 2. The Morgan fingerprint density at radius 3 is 2.67 bits per heavy atom. The van der Waals surface area contributed by atoms with Crippen LogP contribution in [-0.4, -0.2) is 12.6 Å². The fourth-order valence-corrected chi connectivity index (χ4v) is 2.96. The average molecular weight is 315 g/mol. The molecule has 2 rings (SSSR count). The van der Waals surface area contributed by atoms with Crippen LogP contribution in [0.15, 0.2) is 22.7 Å². The fourth-order valence-electron chi connectivity index (χ4n) is 2.62. The highest BCUT2D eigenvalue weighted by Crippen LogP contribution is 2.24. The van der Waals surface area contributed by atoms with Gasteiger partial charge in [-0.3, -0.25) is 0 Å². The lowest BCUT2D eigenvalue weighted by molar-refractivity contribution is 0.336. The Bertz CT molecular complexity index is 391. The molecule has 1 atom stereocenters. The Balaban J connectivity index is 2.07. The topological polar surface area (TPSA) is 38.0 Å². The molecule has 1 aromatic rings. The first-order chi connectivity index (χ1) is 8.70. The van der Waals surface area contributed by atoms with E-state index in [9.17, 15) is 4.39 Å². The van der Waals surface area contributed by atoms with Gasteiger partial charge in [-0.05, 0) is 25.0 Å². The summed E-state index contributed by atoms with van der Waals surface area (Å²) in [6.07, 6.45) is 6.19. The highest BCUT2D eigenvalue weighted by molar-refractivity contribution is 9.10. The summed E-state index contributed by atoms with van der Waals surface area (Å²) in [5.74, 6) is -0.192. The minimum atomic E-state index is -0.192. The van der Waals surface area contributed by atoms with E-state index >= 15 is 0 Å². The monoisotopic (exact) mass is 314 g/mol. The van der Waals surface area contributed by atoms with E-state index in [4.69, 9.17) is 5.73 Å². The van der Waals surface area contributed by atoms with E-state index in [1.165, 1.54) is 38.2 Å². The molecule has 0 aliphatic heterocycles. The molecule has 1 unspecified atom stereocenters. The average Bonchev–Trinajstić information content (AvgIpc) is 2.38. The second-order valence-electron chi connectivity index (χ2n) is 4.96. The molecule has 0 bridgehead atoms. The van der Waals surface area contributed by atoms with Gasteiger partial charge in [0.25, 0.3) is 0 Å². The van der Waals surface area contributed by atoms with Crippen LogP contribution in [0.25, 0.3) is 0 Å². The van der Waals surface area contributed by atoms with Crippen molar-refractivity contribution in [2.24, 2.45) is 5.73 Å². The van der Waals surface area contributed by atoms with Crippen molar-refractivity contribution in [3.05, 3.63) is 34.1 Å². The van der Waals surface area contributed by atoms with Gasteiger partial charge in [0.2, 0.25) is 0 Å². The molecule has 4 heteroatoms. The normalized spacial score (nSPS) is 18.8. The van der Waals surface area contributed by atoms with Gasteiger partial charge < -0.3 is 11.1 Å². The van der Waals surface area contributed by atoms with Crippen molar-refractivity contribution in [1.82, 2.24) is 5.32 Å².